The second-order valence-electron chi connectivity index (χ2n) is 2.11. The van der Waals surface area contributed by atoms with E-state index in [1.807, 2.05) is 0 Å². The van der Waals surface area contributed by atoms with Crippen molar-refractivity contribution in [1.29, 1.82) is 0 Å². The monoisotopic (exact) mass is 138 g/mol. The van der Waals surface area contributed by atoms with Gasteiger partial charge in [0.2, 0.25) is 0 Å². The van der Waals surface area contributed by atoms with E-state index in [0.29, 0.717) is 6.42 Å². The minimum atomic E-state index is -0.360. The molecule has 0 aliphatic rings. The third-order valence-electron chi connectivity index (χ3n) is 1.35. The molecule has 0 saturated heterocycles. The van der Waals surface area contributed by atoms with E-state index in [1.54, 1.807) is 12.1 Å². The number of nitrogens with two attached hydrogens (primary N) is 1. The van der Waals surface area contributed by atoms with Crippen molar-refractivity contribution in [3.05, 3.63) is 36.5 Å². The smallest absolute Gasteiger partial charge is 0.146 e. The Kier molecular flexibility index (Phi) is 1.90. The Morgan fingerprint density at radius 3 is 2.70 bits per heavy atom. The SMILES string of the molecule is [CH2]Cc1ccc(N)c(F)c1. The molecule has 1 nitrogen and oxygen atoms in total. The first-order valence-electron chi connectivity index (χ1n) is 3.07. The predicted molar refractivity (Wildman–Crippen MR) is 39.9 cm³/mol. The number of hydrogen-bond acceptors (Lipinski definition) is 1. The summed E-state index contributed by atoms with van der Waals surface area (Å²) >= 11 is 0. The van der Waals surface area contributed by atoms with Crippen molar-refractivity contribution in [2.45, 2.75) is 6.42 Å². The molecule has 1 radical (unpaired) electrons. The lowest BCUT2D eigenvalue weighted by atomic mass is 10.1. The van der Waals surface area contributed by atoms with Gasteiger partial charge in [-0.1, -0.05) is 6.07 Å². The quantitative estimate of drug-likeness (QED) is 0.588. The van der Waals surface area contributed by atoms with Crippen LogP contribution in [0.3, 0.4) is 0 Å². The Balaban J connectivity index is 3.04. The van der Waals surface area contributed by atoms with E-state index < -0.39 is 0 Å². The number of anilines is 1. The van der Waals surface area contributed by atoms with Gasteiger partial charge >= 0.3 is 0 Å². The first kappa shape index (κ1) is 7.06. The molecular weight excluding hydrogens is 129 g/mol. The van der Waals surface area contributed by atoms with Crippen molar-refractivity contribution in [2.75, 3.05) is 5.73 Å². The fraction of sp³-hybridized carbons (Fsp3) is 0.125. The van der Waals surface area contributed by atoms with Gasteiger partial charge in [-0.05, 0) is 31.0 Å². The van der Waals surface area contributed by atoms with Crippen LogP contribution in [0.4, 0.5) is 10.1 Å². The molecule has 0 aliphatic heterocycles. The van der Waals surface area contributed by atoms with E-state index in [9.17, 15) is 4.39 Å². The van der Waals surface area contributed by atoms with Crippen LogP contribution in [0.1, 0.15) is 5.56 Å². The lowest BCUT2D eigenvalue weighted by Crippen LogP contribution is -1.91. The normalized spacial score (nSPS) is 9.80. The molecule has 0 saturated carbocycles. The average Bonchev–Trinajstić information content (AvgIpc) is 1.95. The predicted octanol–water partition coefficient (Wildman–Crippen LogP) is 1.78. The third kappa shape index (κ3) is 1.26. The van der Waals surface area contributed by atoms with Crippen molar-refractivity contribution in [2.24, 2.45) is 0 Å². The fourth-order valence-electron chi connectivity index (χ4n) is 0.726. The average molecular weight is 138 g/mol. The highest BCUT2D eigenvalue weighted by atomic mass is 19.1. The molecule has 53 valence electrons. The largest absolute Gasteiger partial charge is 0.396 e. The third-order valence-corrected chi connectivity index (χ3v) is 1.35. The Morgan fingerprint density at radius 1 is 1.50 bits per heavy atom. The van der Waals surface area contributed by atoms with Gasteiger partial charge in [0.1, 0.15) is 5.82 Å². The van der Waals surface area contributed by atoms with Gasteiger partial charge in [0, 0.05) is 0 Å². The second kappa shape index (κ2) is 2.69. The maximum Gasteiger partial charge on any atom is 0.146 e. The zero-order valence-corrected chi connectivity index (χ0v) is 5.60. The van der Waals surface area contributed by atoms with Gasteiger partial charge in [-0.3, -0.25) is 0 Å². The summed E-state index contributed by atoms with van der Waals surface area (Å²) in [5.41, 5.74) is 6.31. The molecule has 0 amide bonds. The van der Waals surface area contributed by atoms with Crippen molar-refractivity contribution < 1.29 is 4.39 Å². The maximum absolute atomic E-state index is 12.6. The summed E-state index contributed by atoms with van der Waals surface area (Å²) < 4.78 is 12.6. The minimum absolute atomic E-state index is 0.192. The van der Waals surface area contributed by atoms with Gasteiger partial charge in [-0.2, -0.15) is 0 Å². The van der Waals surface area contributed by atoms with Crippen LogP contribution in [0.15, 0.2) is 18.2 Å². The highest BCUT2D eigenvalue weighted by Gasteiger charge is 1.96. The van der Waals surface area contributed by atoms with Gasteiger partial charge in [0.25, 0.3) is 0 Å². The molecule has 0 fully saturated rings. The van der Waals surface area contributed by atoms with Crippen LogP contribution in [0, 0.1) is 12.7 Å². The molecule has 1 aromatic carbocycles. The zero-order valence-electron chi connectivity index (χ0n) is 5.60. The molecule has 1 aromatic rings. The van der Waals surface area contributed by atoms with E-state index in [1.165, 1.54) is 6.07 Å². The summed E-state index contributed by atoms with van der Waals surface area (Å²) in [6.07, 6.45) is 0.594. The molecule has 2 N–H and O–H groups in total. The molecule has 10 heavy (non-hydrogen) atoms. The van der Waals surface area contributed by atoms with Gasteiger partial charge in [0.05, 0.1) is 5.69 Å². The number of rotatable bonds is 1. The molecule has 0 heterocycles. The lowest BCUT2D eigenvalue weighted by molar-refractivity contribution is 0.631. The Morgan fingerprint density at radius 2 is 2.20 bits per heavy atom. The van der Waals surface area contributed by atoms with Gasteiger partial charge in [-0.25, -0.2) is 4.39 Å². The van der Waals surface area contributed by atoms with E-state index >= 15 is 0 Å². The van der Waals surface area contributed by atoms with Crippen LogP contribution in [0.2, 0.25) is 0 Å². The summed E-state index contributed by atoms with van der Waals surface area (Å²) in [4.78, 5) is 0. The number of hydrogen-bond donors (Lipinski definition) is 1. The van der Waals surface area contributed by atoms with Crippen molar-refractivity contribution >= 4 is 5.69 Å². The van der Waals surface area contributed by atoms with E-state index in [0.717, 1.165) is 5.56 Å². The van der Waals surface area contributed by atoms with Crippen molar-refractivity contribution in [3.8, 4) is 0 Å². The number of nitrogen functional groups attached to an aromatic ring is 1. The lowest BCUT2D eigenvalue weighted by Gasteiger charge is -1.98. The molecule has 0 bridgehead atoms. The standard InChI is InChI=1S/C8H9FN/c1-2-6-3-4-8(10)7(9)5-6/h3-5H,1-2,10H2. The van der Waals surface area contributed by atoms with Gasteiger partial charge in [0.15, 0.2) is 0 Å². The van der Waals surface area contributed by atoms with Crippen LogP contribution >= 0.6 is 0 Å². The Bertz CT molecular complexity index is 233. The topological polar surface area (TPSA) is 26.0 Å². The Labute approximate surface area is 59.7 Å². The first-order valence-corrected chi connectivity index (χ1v) is 3.07. The number of benzene rings is 1. The zero-order chi connectivity index (χ0) is 7.56. The molecule has 0 aliphatic carbocycles. The second-order valence-corrected chi connectivity index (χ2v) is 2.11. The van der Waals surface area contributed by atoms with Crippen molar-refractivity contribution in [1.82, 2.24) is 0 Å². The van der Waals surface area contributed by atoms with Crippen LogP contribution < -0.4 is 5.73 Å². The minimum Gasteiger partial charge on any atom is -0.396 e. The molecule has 0 aromatic heterocycles. The summed E-state index contributed by atoms with van der Waals surface area (Å²) in [5.74, 6) is -0.360. The van der Waals surface area contributed by atoms with E-state index in [2.05, 4.69) is 6.92 Å². The van der Waals surface area contributed by atoms with E-state index in [-0.39, 0.29) is 11.5 Å². The molecule has 0 atom stereocenters. The highest BCUT2D eigenvalue weighted by molar-refractivity contribution is 5.41. The fourth-order valence-corrected chi connectivity index (χ4v) is 0.726. The maximum atomic E-state index is 12.6. The molecule has 1 rings (SSSR count). The van der Waals surface area contributed by atoms with Crippen molar-refractivity contribution in [3.63, 3.8) is 0 Å². The van der Waals surface area contributed by atoms with Gasteiger partial charge in [-0.15, -0.1) is 0 Å². The first-order chi connectivity index (χ1) is 4.74. The van der Waals surface area contributed by atoms with Crippen LogP contribution in [0.5, 0.6) is 0 Å². The molecule has 0 unspecified atom stereocenters. The Hall–Kier alpha value is -1.05. The molecule has 2 heteroatoms. The van der Waals surface area contributed by atoms with Gasteiger partial charge < -0.3 is 5.73 Å². The molecule has 0 spiro atoms. The highest BCUT2D eigenvalue weighted by Crippen LogP contribution is 2.11. The summed E-state index contributed by atoms with van der Waals surface area (Å²) in [5, 5.41) is 0. The van der Waals surface area contributed by atoms with Crippen LogP contribution in [-0.4, -0.2) is 0 Å². The van der Waals surface area contributed by atoms with Crippen LogP contribution in [0.25, 0.3) is 0 Å². The molecular formula is C8H9FN. The van der Waals surface area contributed by atoms with Crippen LogP contribution in [-0.2, 0) is 6.42 Å². The van der Waals surface area contributed by atoms with E-state index in [4.69, 9.17) is 5.73 Å². The summed E-state index contributed by atoms with van der Waals surface area (Å²) in [7, 11) is 0. The summed E-state index contributed by atoms with van der Waals surface area (Å²) in [6.45, 7) is 3.62. The number of halogens is 1. The summed E-state index contributed by atoms with van der Waals surface area (Å²) in [6, 6.07) is 4.73.